The van der Waals surface area contributed by atoms with Crippen LogP contribution in [-0.2, 0) is 13.0 Å². The lowest BCUT2D eigenvalue weighted by Gasteiger charge is -1.98. The number of nitrogens with zero attached hydrogens (tertiary/aromatic N) is 1. The number of nitrogens with one attached hydrogen (secondary N) is 2. The molecule has 0 aliphatic rings. The lowest BCUT2D eigenvalue weighted by Crippen LogP contribution is -1.96. The summed E-state index contributed by atoms with van der Waals surface area (Å²) in [5, 5.41) is 4.29. The number of anilines is 1. The molecule has 0 saturated carbocycles. The maximum atomic E-state index is 4.28. The SMILES string of the molecule is CCc1cnc(NCc2cc[nH]c2)s1. The number of thiazole rings is 1. The molecule has 0 atom stereocenters. The van der Waals surface area contributed by atoms with Gasteiger partial charge in [-0.3, -0.25) is 0 Å². The lowest BCUT2D eigenvalue weighted by molar-refractivity contribution is 1.13. The van der Waals surface area contributed by atoms with E-state index in [4.69, 9.17) is 0 Å². The van der Waals surface area contributed by atoms with Crippen molar-refractivity contribution in [1.29, 1.82) is 0 Å². The van der Waals surface area contributed by atoms with Gasteiger partial charge < -0.3 is 10.3 Å². The Morgan fingerprint density at radius 1 is 1.57 bits per heavy atom. The highest BCUT2D eigenvalue weighted by Gasteiger charge is 1.99. The van der Waals surface area contributed by atoms with Crippen molar-refractivity contribution < 1.29 is 0 Å². The van der Waals surface area contributed by atoms with E-state index in [9.17, 15) is 0 Å². The molecule has 0 fully saturated rings. The Hall–Kier alpha value is -1.29. The second-order valence-electron chi connectivity index (χ2n) is 3.06. The molecule has 0 aliphatic heterocycles. The third-order valence-corrected chi connectivity index (χ3v) is 3.11. The molecule has 2 heterocycles. The molecular weight excluding hydrogens is 194 g/mol. The third kappa shape index (κ3) is 2.14. The fourth-order valence-electron chi connectivity index (χ4n) is 1.20. The molecule has 2 N–H and O–H groups in total. The van der Waals surface area contributed by atoms with Crippen LogP contribution in [-0.4, -0.2) is 9.97 Å². The summed E-state index contributed by atoms with van der Waals surface area (Å²) in [5.74, 6) is 0. The van der Waals surface area contributed by atoms with Gasteiger partial charge in [-0.15, -0.1) is 11.3 Å². The number of hydrogen-bond acceptors (Lipinski definition) is 3. The monoisotopic (exact) mass is 207 g/mol. The summed E-state index contributed by atoms with van der Waals surface area (Å²) in [4.78, 5) is 8.63. The molecule has 14 heavy (non-hydrogen) atoms. The molecule has 0 saturated heterocycles. The van der Waals surface area contributed by atoms with Crippen LogP contribution in [0, 0.1) is 0 Å². The van der Waals surface area contributed by atoms with Gasteiger partial charge in [-0.2, -0.15) is 0 Å². The highest BCUT2D eigenvalue weighted by molar-refractivity contribution is 7.15. The average Bonchev–Trinajstić information content (AvgIpc) is 2.86. The van der Waals surface area contributed by atoms with E-state index in [1.54, 1.807) is 11.3 Å². The average molecular weight is 207 g/mol. The van der Waals surface area contributed by atoms with Gasteiger partial charge in [0.2, 0.25) is 0 Å². The topological polar surface area (TPSA) is 40.7 Å². The Labute approximate surface area is 87.2 Å². The van der Waals surface area contributed by atoms with Gasteiger partial charge in [-0.1, -0.05) is 6.92 Å². The minimum absolute atomic E-state index is 0.833. The first-order chi connectivity index (χ1) is 6.88. The van der Waals surface area contributed by atoms with Crippen molar-refractivity contribution in [2.24, 2.45) is 0 Å². The number of rotatable bonds is 4. The van der Waals surface area contributed by atoms with Crippen molar-refractivity contribution in [2.75, 3.05) is 5.32 Å². The summed E-state index contributed by atoms with van der Waals surface area (Å²) in [6.07, 6.45) is 6.91. The summed E-state index contributed by atoms with van der Waals surface area (Å²) < 4.78 is 0. The van der Waals surface area contributed by atoms with Crippen LogP contribution >= 0.6 is 11.3 Å². The molecule has 0 amide bonds. The summed E-state index contributed by atoms with van der Waals surface area (Å²) in [6.45, 7) is 2.98. The number of H-pyrrole nitrogens is 1. The van der Waals surface area contributed by atoms with Gasteiger partial charge in [0, 0.05) is 30.0 Å². The molecule has 0 aliphatic carbocycles. The maximum absolute atomic E-state index is 4.28. The largest absolute Gasteiger partial charge is 0.367 e. The first-order valence-corrected chi connectivity index (χ1v) is 5.50. The van der Waals surface area contributed by atoms with Crippen LogP contribution in [0.25, 0.3) is 0 Å². The summed E-state index contributed by atoms with van der Waals surface area (Å²) in [5.41, 5.74) is 1.25. The van der Waals surface area contributed by atoms with E-state index < -0.39 is 0 Å². The highest BCUT2D eigenvalue weighted by Crippen LogP contribution is 2.18. The van der Waals surface area contributed by atoms with Gasteiger partial charge in [-0.05, 0) is 18.1 Å². The Morgan fingerprint density at radius 2 is 2.50 bits per heavy atom. The number of aromatic nitrogens is 2. The van der Waals surface area contributed by atoms with Crippen LogP contribution in [0.4, 0.5) is 5.13 Å². The molecule has 0 aromatic carbocycles. The van der Waals surface area contributed by atoms with Gasteiger partial charge in [0.05, 0.1) is 0 Å². The van der Waals surface area contributed by atoms with Crippen LogP contribution in [0.2, 0.25) is 0 Å². The zero-order valence-corrected chi connectivity index (χ0v) is 8.90. The zero-order valence-electron chi connectivity index (χ0n) is 8.08. The predicted molar refractivity (Wildman–Crippen MR) is 59.6 cm³/mol. The number of hydrogen-bond donors (Lipinski definition) is 2. The fraction of sp³-hybridized carbons (Fsp3) is 0.300. The molecule has 2 rings (SSSR count). The van der Waals surface area contributed by atoms with Gasteiger partial charge >= 0.3 is 0 Å². The fourth-order valence-corrected chi connectivity index (χ4v) is 1.95. The van der Waals surface area contributed by atoms with Crippen LogP contribution in [0.3, 0.4) is 0 Å². The highest BCUT2D eigenvalue weighted by atomic mass is 32.1. The van der Waals surface area contributed by atoms with E-state index in [0.29, 0.717) is 0 Å². The van der Waals surface area contributed by atoms with E-state index >= 15 is 0 Å². The molecule has 4 heteroatoms. The van der Waals surface area contributed by atoms with Gasteiger partial charge in [0.15, 0.2) is 5.13 Å². The second kappa shape index (κ2) is 4.28. The predicted octanol–water partition coefficient (Wildman–Crippen LogP) is 2.65. The summed E-state index contributed by atoms with van der Waals surface area (Å²) >= 11 is 1.72. The molecule has 3 nitrogen and oxygen atoms in total. The van der Waals surface area contributed by atoms with Crippen molar-refractivity contribution in [3.63, 3.8) is 0 Å². The molecule has 0 radical (unpaired) electrons. The van der Waals surface area contributed by atoms with Crippen molar-refractivity contribution in [3.05, 3.63) is 35.1 Å². The molecule has 2 aromatic rings. The van der Waals surface area contributed by atoms with E-state index in [2.05, 4.69) is 28.3 Å². The Kier molecular flexibility index (Phi) is 2.84. The molecular formula is C10H13N3S. The van der Waals surface area contributed by atoms with Crippen molar-refractivity contribution >= 4 is 16.5 Å². The lowest BCUT2D eigenvalue weighted by atomic mass is 10.3. The van der Waals surface area contributed by atoms with E-state index in [1.165, 1.54) is 10.4 Å². The standard InChI is InChI=1S/C10H13N3S/c1-2-9-7-13-10(14-9)12-6-8-3-4-11-5-8/h3-5,7,11H,2,6H2,1H3,(H,12,13). The minimum atomic E-state index is 0.833. The molecule has 0 bridgehead atoms. The van der Waals surface area contributed by atoms with Gasteiger partial charge in [0.1, 0.15) is 0 Å². The first kappa shape index (κ1) is 9.27. The summed E-state index contributed by atoms with van der Waals surface area (Å²) in [7, 11) is 0. The van der Waals surface area contributed by atoms with Gasteiger partial charge in [0.25, 0.3) is 0 Å². The quantitative estimate of drug-likeness (QED) is 0.809. The number of aromatic amines is 1. The Bertz CT molecular complexity index is 378. The van der Waals surface area contributed by atoms with Crippen molar-refractivity contribution in [2.45, 2.75) is 19.9 Å². The third-order valence-electron chi connectivity index (χ3n) is 2.01. The van der Waals surface area contributed by atoms with Crippen LogP contribution < -0.4 is 5.32 Å². The van der Waals surface area contributed by atoms with E-state index in [-0.39, 0.29) is 0 Å². The van der Waals surface area contributed by atoms with Crippen LogP contribution in [0.5, 0.6) is 0 Å². The van der Waals surface area contributed by atoms with Crippen LogP contribution in [0.15, 0.2) is 24.7 Å². The zero-order chi connectivity index (χ0) is 9.80. The second-order valence-corrected chi connectivity index (χ2v) is 4.17. The van der Waals surface area contributed by atoms with Crippen molar-refractivity contribution in [1.82, 2.24) is 9.97 Å². The minimum Gasteiger partial charge on any atom is -0.367 e. The Morgan fingerprint density at radius 3 is 3.14 bits per heavy atom. The number of aryl methyl sites for hydroxylation is 1. The van der Waals surface area contributed by atoms with Crippen molar-refractivity contribution in [3.8, 4) is 0 Å². The van der Waals surface area contributed by atoms with E-state index in [0.717, 1.165) is 18.1 Å². The normalized spacial score (nSPS) is 10.4. The summed E-state index contributed by atoms with van der Waals surface area (Å²) in [6, 6.07) is 2.06. The van der Waals surface area contributed by atoms with E-state index in [1.807, 2.05) is 18.6 Å². The molecule has 74 valence electrons. The first-order valence-electron chi connectivity index (χ1n) is 4.68. The van der Waals surface area contributed by atoms with Crippen LogP contribution in [0.1, 0.15) is 17.4 Å². The maximum Gasteiger partial charge on any atom is 0.183 e. The Balaban J connectivity index is 1.92. The molecule has 0 spiro atoms. The van der Waals surface area contributed by atoms with Gasteiger partial charge in [-0.25, -0.2) is 4.98 Å². The molecule has 0 unspecified atom stereocenters. The molecule has 2 aromatic heterocycles. The smallest absolute Gasteiger partial charge is 0.183 e.